The van der Waals surface area contributed by atoms with Gasteiger partial charge in [-0.1, -0.05) is 33.1 Å². The maximum absolute atomic E-state index is 9.10. The quantitative estimate of drug-likeness (QED) is 0.589. The van der Waals surface area contributed by atoms with Crippen molar-refractivity contribution in [3.05, 3.63) is 0 Å². The molecule has 0 aromatic carbocycles. The third-order valence-electron chi connectivity index (χ3n) is 2.54. The summed E-state index contributed by atoms with van der Waals surface area (Å²) in [5.41, 5.74) is 0. The standard InChI is InChI=1S/C12H26O3/c1-3-5-7-11(6-4-2)9-15-10-12(14)8-13/h11-14H,3-10H2,1-2H3. The first-order chi connectivity index (χ1) is 7.24. The average Bonchev–Trinajstić information content (AvgIpc) is 2.25. The van der Waals surface area contributed by atoms with E-state index in [1.807, 2.05) is 0 Å². The van der Waals surface area contributed by atoms with Gasteiger partial charge in [-0.2, -0.15) is 0 Å². The molecule has 0 radical (unpaired) electrons. The summed E-state index contributed by atoms with van der Waals surface area (Å²) in [6.45, 7) is 5.13. The molecule has 0 bridgehead atoms. The average molecular weight is 218 g/mol. The predicted octanol–water partition coefficient (Wildman–Crippen LogP) is 1.96. The zero-order valence-corrected chi connectivity index (χ0v) is 10.1. The van der Waals surface area contributed by atoms with Crippen molar-refractivity contribution in [3.8, 4) is 0 Å². The molecule has 0 spiro atoms. The van der Waals surface area contributed by atoms with Crippen LogP contribution in [0.2, 0.25) is 0 Å². The number of rotatable bonds is 10. The van der Waals surface area contributed by atoms with Crippen LogP contribution in [0.3, 0.4) is 0 Å². The van der Waals surface area contributed by atoms with Gasteiger partial charge in [0.25, 0.3) is 0 Å². The van der Waals surface area contributed by atoms with Gasteiger partial charge in [0.2, 0.25) is 0 Å². The highest BCUT2D eigenvalue weighted by atomic mass is 16.5. The van der Waals surface area contributed by atoms with Crippen molar-refractivity contribution >= 4 is 0 Å². The molecule has 0 aromatic rings. The van der Waals surface area contributed by atoms with Crippen molar-refractivity contribution in [2.24, 2.45) is 5.92 Å². The zero-order valence-electron chi connectivity index (χ0n) is 10.1. The molecule has 0 aliphatic heterocycles. The van der Waals surface area contributed by atoms with Crippen molar-refractivity contribution in [1.82, 2.24) is 0 Å². The molecule has 2 N–H and O–H groups in total. The van der Waals surface area contributed by atoms with E-state index in [1.54, 1.807) is 0 Å². The Balaban J connectivity index is 3.55. The molecule has 3 nitrogen and oxygen atoms in total. The summed E-state index contributed by atoms with van der Waals surface area (Å²) >= 11 is 0. The van der Waals surface area contributed by atoms with Gasteiger partial charge >= 0.3 is 0 Å². The van der Waals surface area contributed by atoms with Crippen LogP contribution in [-0.2, 0) is 4.74 Å². The normalized spacial score (nSPS) is 15.2. The summed E-state index contributed by atoms with van der Waals surface area (Å²) in [5.74, 6) is 0.612. The second kappa shape index (κ2) is 10.4. The van der Waals surface area contributed by atoms with E-state index in [9.17, 15) is 0 Å². The van der Waals surface area contributed by atoms with E-state index < -0.39 is 6.10 Å². The van der Waals surface area contributed by atoms with Crippen LogP contribution in [0.4, 0.5) is 0 Å². The van der Waals surface area contributed by atoms with Gasteiger partial charge in [0, 0.05) is 6.61 Å². The molecular weight excluding hydrogens is 192 g/mol. The molecule has 0 aliphatic rings. The highest BCUT2D eigenvalue weighted by Gasteiger charge is 2.09. The lowest BCUT2D eigenvalue weighted by atomic mass is 9.98. The summed E-state index contributed by atoms with van der Waals surface area (Å²) in [6, 6.07) is 0. The molecule has 2 unspecified atom stereocenters. The largest absolute Gasteiger partial charge is 0.394 e. The SMILES string of the molecule is CCCCC(CCC)COCC(O)CO. The molecule has 0 rings (SSSR count). The van der Waals surface area contributed by atoms with Gasteiger partial charge < -0.3 is 14.9 Å². The Bertz CT molecular complexity index is 128. The fraction of sp³-hybridized carbons (Fsp3) is 1.00. The van der Waals surface area contributed by atoms with Crippen LogP contribution < -0.4 is 0 Å². The van der Waals surface area contributed by atoms with E-state index in [-0.39, 0.29) is 13.2 Å². The van der Waals surface area contributed by atoms with E-state index >= 15 is 0 Å². The van der Waals surface area contributed by atoms with E-state index in [0.717, 1.165) is 0 Å². The van der Waals surface area contributed by atoms with E-state index in [4.69, 9.17) is 14.9 Å². The summed E-state index contributed by atoms with van der Waals surface area (Å²) in [6.07, 6.45) is 5.32. The first-order valence-electron chi connectivity index (χ1n) is 6.11. The van der Waals surface area contributed by atoms with E-state index in [1.165, 1.54) is 32.1 Å². The molecule has 0 amide bonds. The van der Waals surface area contributed by atoms with Gasteiger partial charge in [0.05, 0.1) is 13.2 Å². The number of hydrogen-bond acceptors (Lipinski definition) is 3. The summed E-state index contributed by atoms with van der Waals surface area (Å²) < 4.78 is 5.39. The smallest absolute Gasteiger partial charge is 0.100 e. The molecule has 0 saturated carbocycles. The molecule has 0 aromatic heterocycles. The summed E-state index contributed by atoms with van der Waals surface area (Å²) in [4.78, 5) is 0. The van der Waals surface area contributed by atoms with Crippen molar-refractivity contribution in [3.63, 3.8) is 0 Å². The Labute approximate surface area is 93.5 Å². The Morgan fingerprint density at radius 3 is 2.33 bits per heavy atom. The number of aliphatic hydroxyl groups excluding tert-OH is 2. The third kappa shape index (κ3) is 8.85. The topological polar surface area (TPSA) is 49.7 Å². The molecule has 2 atom stereocenters. The van der Waals surface area contributed by atoms with Gasteiger partial charge in [-0.25, -0.2) is 0 Å². The van der Waals surface area contributed by atoms with Gasteiger partial charge in [0.1, 0.15) is 6.10 Å². The highest BCUT2D eigenvalue weighted by molar-refractivity contribution is 4.59. The van der Waals surface area contributed by atoms with Crippen LogP contribution in [0.25, 0.3) is 0 Å². The number of ether oxygens (including phenoxy) is 1. The summed E-state index contributed by atoms with van der Waals surface area (Å²) in [7, 11) is 0. The molecule has 0 saturated heterocycles. The van der Waals surface area contributed by atoms with Crippen LogP contribution in [0, 0.1) is 5.92 Å². The minimum atomic E-state index is -0.724. The van der Waals surface area contributed by atoms with Crippen molar-refractivity contribution < 1.29 is 14.9 Å². The van der Waals surface area contributed by atoms with Crippen LogP contribution in [0.1, 0.15) is 46.0 Å². The number of unbranched alkanes of at least 4 members (excludes halogenated alkanes) is 1. The van der Waals surface area contributed by atoms with Crippen molar-refractivity contribution in [1.29, 1.82) is 0 Å². The van der Waals surface area contributed by atoms with Gasteiger partial charge in [-0.3, -0.25) is 0 Å². The van der Waals surface area contributed by atoms with E-state index in [0.29, 0.717) is 12.5 Å². The van der Waals surface area contributed by atoms with Gasteiger partial charge in [0.15, 0.2) is 0 Å². The highest BCUT2D eigenvalue weighted by Crippen LogP contribution is 2.15. The van der Waals surface area contributed by atoms with Crippen LogP contribution in [-0.4, -0.2) is 36.1 Å². The minimum absolute atomic E-state index is 0.215. The first-order valence-corrected chi connectivity index (χ1v) is 6.11. The first kappa shape index (κ1) is 14.9. The number of aliphatic hydroxyl groups is 2. The zero-order chi connectivity index (χ0) is 11.5. The lowest BCUT2D eigenvalue weighted by Crippen LogP contribution is -2.21. The Kier molecular flexibility index (Phi) is 10.3. The summed E-state index contributed by atoms with van der Waals surface area (Å²) in [5, 5.41) is 17.7. The maximum Gasteiger partial charge on any atom is 0.100 e. The molecule has 92 valence electrons. The van der Waals surface area contributed by atoms with E-state index in [2.05, 4.69) is 13.8 Å². The fourth-order valence-electron chi connectivity index (χ4n) is 1.64. The maximum atomic E-state index is 9.10. The molecule has 0 aliphatic carbocycles. The van der Waals surface area contributed by atoms with Crippen LogP contribution in [0.15, 0.2) is 0 Å². The van der Waals surface area contributed by atoms with Gasteiger partial charge in [-0.05, 0) is 18.8 Å². The Morgan fingerprint density at radius 1 is 1.07 bits per heavy atom. The van der Waals surface area contributed by atoms with Crippen molar-refractivity contribution in [2.75, 3.05) is 19.8 Å². The molecule has 3 heteroatoms. The lowest BCUT2D eigenvalue weighted by Gasteiger charge is -2.17. The van der Waals surface area contributed by atoms with Crippen LogP contribution >= 0.6 is 0 Å². The Hall–Kier alpha value is -0.120. The van der Waals surface area contributed by atoms with Gasteiger partial charge in [-0.15, -0.1) is 0 Å². The predicted molar refractivity (Wildman–Crippen MR) is 61.8 cm³/mol. The Morgan fingerprint density at radius 2 is 1.80 bits per heavy atom. The fourth-order valence-corrected chi connectivity index (χ4v) is 1.64. The monoisotopic (exact) mass is 218 g/mol. The second-order valence-corrected chi connectivity index (χ2v) is 4.17. The second-order valence-electron chi connectivity index (χ2n) is 4.17. The third-order valence-corrected chi connectivity index (χ3v) is 2.54. The lowest BCUT2D eigenvalue weighted by molar-refractivity contribution is -0.00654. The van der Waals surface area contributed by atoms with Crippen LogP contribution in [0.5, 0.6) is 0 Å². The molecule has 0 fully saturated rings. The minimum Gasteiger partial charge on any atom is -0.394 e. The molecule has 15 heavy (non-hydrogen) atoms. The number of hydrogen-bond donors (Lipinski definition) is 2. The van der Waals surface area contributed by atoms with Crippen molar-refractivity contribution in [2.45, 2.75) is 52.1 Å². The molecular formula is C12H26O3. The molecule has 0 heterocycles.